The molecule has 1 heterocycles. The number of nitrogens with one attached hydrogen (secondary N) is 2. The van der Waals surface area contributed by atoms with Gasteiger partial charge in [-0.1, -0.05) is 0 Å². The molecule has 0 aliphatic heterocycles. The van der Waals surface area contributed by atoms with E-state index in [2.05, 4.69) is 16.0 Å². The maximum Gasteiger partial charge on any atom is 0.273 e. The summed E-state index contributed by atoms with van der Waals surface area (Å²) >= 11 is 0. The van der Waals surface area contributed by atoms with E-state index >= 15 is 0 Å². The van der Waals surface area contributed by atoms with Crippen molar-refractivity contribution in [3.63, 3.8) is 0 Å². The second-order valence-corrected chi connectivity index (χ2v) is 7.23. The van der Waals surface area contributed by atoms with Crippen molar-refractivity contribution in [1.82, 2.24) is 10.0 Å². The predicted molar refractivity (Wildman–Crippen MR) is 78.6 cm³/mol. The number of terminal acetylenes is 1. The highest BCUT2D eigenvalue weighted by molar-refractivity contribution is 7.89. The molecule has 0 aromatic carbocycles. The zero-order chi connectivity index (χ0) is 15.2. The first kappa shape index (κ1) is 16.8. The first-order valence-corrected chi connectivity index (χ1v) is 8.00. The van der Waals surface area contributed by atoms with Gasteiger partial charge in [0.25, 0.3) is 10.0 Å². The molecule has 0 bridgehead atoms. The number of hydrogen-bond donors (Lipinski definition) is 2. The summed E-state index contributed by atoms with van der Waals surface area (Å²) in [7, 11) is -3.59. The summed E-state index contributed by atoms with van der Waals surface area (Å²) in [6, 6.07) is 3.12. The summed E-state index contributed by atoms with van der Waals surface area (Å²) in [5, 5.41) is 3.17. The molecule has 0 radical (unpaired) electrons. The van der Waals surface area contributed by atoms with Crippen molar-refractivity contribution in [1.29, 1.82) is 0 Å². The van der Waals surface area contributed by atoms with Crippen LogP contribution in [0, 0.1) is 12.3 Å². The van der Waals surface area contributed by atoms with Crippen LogP contribution in [0.1, 0.15) is 39.4 Å². The molecule has 5 nitrogen and oxygen atoms in total. The van der Waals surface area contributed by atoms with Crippen molar-refractivity contribution in [2.24, 2.45) is 0 Å². The molecule has 6 heteroatoms. The van der Waals surface area contributed by atoms with Gasteiger partial charge in [-0.15, -0.1) is 12.3 Å². The van der Waals surface area contributed by atoms with Gasteiger partial charge in [-0.05, 0) is 39.3 Å². The normalized spacial score (nSPS) is 12.3. The predicted octanol–water partition coefficient (Wildman–Crippen LogP) is 1.86. The van der Waals surface area contributed by atoms with Crippen molar-refractivity contribution >= 4 is 10.0 Å². The van der Waals surface area contributed by atoms with E-state index in [0.29, 0.717) is 31.7 Å². The van der Waals surface area contributed by atoms with Crippen LogP contribution in [0.15, 0.2) is 21.6 Å². The topological polar surface area (TPSA) is 71.3 Å². The van der Waals surface area contributed by atoms with Gasteiger partial charge in [-0.25, -0.2) is 13.1 Å². The maximum absolute atomic E-state index is 11.9. The molecule has 0 saturated carbocycles. The van der Waals surface area contributed by atoms with Gasteiger partial charge >= 0.3 is 0 Å². The van der Waals surface area contributed by atoms with Gasteiger partial charge in [0.15, 0.2) is 0 Å². The Hall–Kier alpha value is -1.29. The number of sulfonamides is 1. The van der Waals surface area contributed by atoms with E-state index in [4.69, 9.17) is 10.8 Å². The molecule has 1 aromatic heterocycles. The van der Waals surface area contributed by atoms with E-state index in [1.54, 1.807) is 6.07 Å². The van der Waals surface area contributed by atoms with Crippen LogP contribution >= 0.6 is 0 Å². The molecule has 1 rings (SSSR count). The minimum Gasteiger partial charge on any atom is -0.447 e. The van der Waals surface area contributed by atoms with Crippen LogP contribution in [0.3, 0.4) is 0 Å². The second kappa shape index (κ2) is 6.93. The summed E-state index contributed by atoms with van der Waals surface area (Å²) in [4.78, 5) is 0. The van der Waals surface area contributed by atoms with E-state index < -0.39 is 10.0 Å². The molecule has 20 heavy (non-hydrogen) atoms. The van der Waals surface area contributed by atoms with Crippen LogP contribution in [0.25, 0.3) is 0 Å². The van der Waals surface area contributed by atoms with Crippen LogP contribution in [0.5, 0.6) is 0 Å². The number of rotatable bonds is 7. The Morgan fingerprint density at radius 1 is 1.35 bits per heavy atom. The quantitative estimate of drug-likeness (QED) is 0.595. The van der Waals surface area contributed by atoms with Crippen molar-refractivity contribution in [2.75, 3.05) is 6.54 Å². The monoisotopic (exact) mass is 298 g/mol. The largest absolute Gasteiger partial charge is 0.447 e. The summed E-state index contributed by atoms with van der Waals surface area (Å²) in [5.41, 5.74) is -0.0562. The Morgan fingerprint density at radius 3 is 2.65 bits per heavy atom. The molecule has 1 aromatic rings. The molecule has 0 unspecified atom stereocenters. The van der Waals surface area contributed by atoms with Gasteiger partial charge in [0.05, 0.1) is 6.54 Å². The number of furan rings is 1. The first-order chi connectivity index (χ1) is 9.24. The third-order valence-electron chi connectivity index (χ3n) is 2.48. The molecule has 0 fully saturated rings. The highest BCUT2D eigenvalue weighted by atomic mass is 32.2. The molecule has 0 aliphatic rings. The highest BCUT2D eigenvalue weighted by Crippen LogP contribution is 2.14. The molecule has 112 valence electrons. The van der Waals surface area contributed by atoms with Crippen molar-refractivity contribution in [2.45, 2.75) is 50.8 Å². The summed E-state index contributed by atoms with van der Waals surface area (Å²) < 4.78 is 31.7. The molecule has 0 saturated heterocycles. The standard InChI is InChI=1S/C14H22N2O3S/c1-5-6-7-10-16-20(17,18)13-9-8-12(19-13)11-15-14(2,3)4/h1,8-9,15-16H,6-7,10-11H2,2-4H3. The van der Waals surface area contributed by atoms with Gasteiger partial charge < -0.3 is 9.73 Å². The average molecular weight is 298 g/mol. The lowest BCUT2D eigenvalue weighted by molar-refractivity contribution is 0.359. The Bertz CT molecular complexity index is 562. The second-order valence-electron chi connectivity index (χ2n) is 5.53. The Balaban J connectivity index is 2.59. The smallest absolute Gasteiger partial charge is 0.273 e. The number of unbranched alkanes of at least 4 members (excludes halogenated alkanes) is 1. The van der Waals surface area contributed by atoms with Crippen LogP contribution in [-0.4, -0.2) is 20.5 Å². The Morgan fingerprint density at radius 2 is 2.05 bits per heavy atom. The average Bonchev–Trinajstić information content (AvgIpc) is 2.81. The maximum atomic E-state index is 11.9. The molecule has 0 atom stereocenters. The van der Waals surface area contributed by atoms with Crippen LogP contribution in [-0.2, 0) is 16.6 Å². The summed E-state index contributed by atoms with van der Waals surface area (Å²) in [5.74, 6) is 3.05. The van der Waals surface area contributed by atoms with Gasteiger partial charge in [0, 0.05) is 18.5 Å². The zero-order valence-electron chi connectivity index (χ0n) is 12.2. The third-order valence-corrected chi connectivity index (χ3v) is 3.82. The zero-order valence-corrected chi connectivity index (χ0v) is 13.0. The van der Waals surface area contributed by atoms with E-state index in [9.17, 15) is 8.42 Å². The van der Waals surface area contributed by atoms with Crippen molar-refractivity contribution < 1.29 is 12.8 Å². The molecule has 0 spiro atoms. The van der Waals surface area contributed by atoms with Crippen LogP contribution in [0.4, 0.5) is 0 Å². The fraction of sp³-hybridized carbons (Fsp3) is 0.571. The van der Waals surface area contributed by atoms with E-state index in [-0.39, 0.29) is 10.6 Å². The minimum atomic E-state index is -3.59. The van der Waals surface area contributed by atoms with Crippen LogP contribution < -0.4 is 10.0 Å². The van der Waals surface area contributed by atoms with Gasteiger partial charge in [0.2, 0.25) is 5.09 Å². The van der Waals surface area contributed by atoms with E-state index in [1.807, 2.05) is 20.8 Å². The van der Waals surface area contributed by atoms with Gasteiger partial charge in [0.1, 0.15) is 5.76 Å². The SMILES string of the molecule is C#CCCCNS(=O)(=O)c1ccc(CNC(C)(C)C)o1. The fourth-order valence-corrected chi connectivity index (χ4v) is 2.44. The molecule has 0 aliphatic carbocycles. The van der Waals surface area contributed by atoms with Crippen LogP contribution in [0.2, 0.25) is 0 Å². The van der Waals surface area contributed by atoms with Crippen molar-refractivity contribution in [3.05, 3.63) is 17.9 Å². The molecular formula is C14H22N2O3S. The fourth-order valence-electron chi connectivity index (χ4n) is 1.42. The highest BCUT2D eigenvalue weighted by Gasteiger charge is 2.18. The lowest BCUT2D eigenvalue weighted by Gasteiger charge is -2.19. The third kappa shape index (κ3) is 5.78. The molecular weight excluding hydrogens is 276 g/mol. The summed E-state index contributed by atoms with van der Waals surface area (Å²) in [6.45, 7) is 6.88. The lowest BCUT2D eigenvalue weighted by Crippen LogP contribution is -2.34. The molecule has 2 N–H and O–H groups in total. The van der Waals surface area contributed by atoms with E-state index in [1.165, 1.54) is 6.07 Å². The van der Waals surface area contributed by atoms with Crippen molar-refractivity contribution in [3.8, 4) is 12.3 Å². The van der Waals surface area contributed by atoms with E-state index in [0.717, 1.165) is 0 Å². The lowest BCUT2D eigenvalue weighted by atomic mass is 10.1. The number of hydrogen-bond acceptors (Lipinski definition) is 4. The van der Waals surface area contributed by atoms with Gasteiger partial charge in [-0.3, -0.25) is 0 Å². The van der Waals surface area contributed by atoms with Gasteiger partial charge in [-0.2, -0.15) is 0 Å². The summed E-state index contributed by atoms with van der Waals surface area (Å²) in [6.07, 6.45) is 6.26. The Labute approximate surface area is 121 Å². The Kier molecular flexibility index (Phi) is 5.81. The first-order valence-electron chi connectivity index (χ1n) is 6.51. The minimum absolute atomic E-state index is 0.0562. The molecule has 0 amide bonds.